The van der Waals surface area contributed by atoms with E-state index in [1.807, 2.05) is 7.05 Å². The lowest BCUT2D eigenvalue weighted by molar-refractivity contribution is -0.929. The van der Waals surface area contributed by atoms with Crippen molar-refractivity contribution in [3.05, 3.63) is 37.4 Å². The summed E-state index contributed by atoms with van der Waals surface area (Å²) >= 11 is 0. The van der Waals surface area contributed by atoms with Gasteiger partial charge in [0.15, 0.2) is 20.2 Å². The van der Waals surface area contributed by atoms with Gasteiger partial charge in [-0.25, -0.2) is 52.7 Å². The average molecular weight is 891 g/mol. The lowest BCUT2D eigenvalue weighted by atomic mass is 10.1. The van der Waals surface area contributed by atoms with E-state index in [1.165, 1.54) is 57.9 Å². The Labute approximate surface area is 329 Å². The molecule has 4 N–H and O–H groups in total. The maximum Gasteiger partial charge on any atom is 0.393 e. The van der Waals surface area contributed by atoms with Crippen LogP contribution >= 0.6 is 0 Å². The lowest BCUT2D eigenvalue weighted by Crippen LogP contribution is -2.54. The van der Waals surface area contributed by atoms with E-state index in [-0.39, 0.29) is 26.4 Å². The van der Waals surface area contributed by atoms with Gasteiger partial charge in [-0.15, -0.1) is 0 Å². The minimum atomic E-state index is -6.23. The van der Waals surface area contributed by atoms with E-state index in [0.717, 1.165) is 6.54 Å². The van der Waals surface area contributed by atoms with Gasteiger partial charge in [0.05, 0.1) is 53.6 Å². The van der Waals surface area contributed by atoms with Crippen LogP contribution in [0.3, 0.4) is 0 Å². The zero-order valence-electron chi connectivity index (χ0n) is 32.7. The molecule has 0 aliphatic rings. The lowest BCUT2D eigenvalue weighted by Gasteiger charge is -2.36. The van der Waals surface area contributed by atoms with Gasteiger partial charge in [-0.1, -0.05) is 46.0 Å². The van der Waals surface area contributed by atoms with Crippen molar-refractivity contribution in [1.82, 2.24) is 9.13 Å². The summed E-state index contributed by atoms with van der Waals surface area (Å²) < 4.78 is 154. The Balaban J connectivity index is -0.000000645. The highest BCUT2D eigenvalue weighted by Crippen LogP contribution is 2.28. The van der Waals surface area contributed by atoms with Crippen LogP contribution in [0.1, 0.15) is 65.2 Å². The van der Waals surface area contributed by atoms with Crippen molar-refractivity contribution >= 4 is 20.2 Å². The topological polar surface area (TPSA) is 213 Å². The number of aliphatic hydroxyl groups excluding tert-OH is 4. The first kappa shape index (κ1) is 58.8. The predicted octanol–water partition coefficient (Wildman–Crippen LogP) is 2.34. The molecule has 15 nitrogen and oxygen atoms in total. The molecule has 0 spiro atoms. The molecule has 0 aliphatic heterocycles. The molecule has 0 unspecified atom stereocenters. The first-order valence-electron chi connectivity index (χ1n) is 17.8. The molecule has 0 bridgehead atoms. The molecule has 2 rings (SSSR count). The number of halogens is 8. The summed E-state index contributed by atoms with van der Waals surface area (Å²) in [5, 5.41) is 24.3. The first-order chi connectivity index (χ1) is 26.3. The highest BCUT2D eigenvalue weighted by molar-refractivity contribution is 7.87. The van der Waals surface area contributed by atoms with Crippen LogP contribution in [0, 0.1) is 0 Å². The van der Waals surface area contributed by atoms with E-state index >= 15 is 0 Å². The second kappa shape index (κ2) is 30.5. The number of aliphatic hydroxyl groups is 4. The van der Waals surface area contributed by atoms with E-state index in [9.17, 15) is 61.1 Å². The van der Waals surface area contributed by atoms with Gasteiger partial charge in [0.1, 0.15) is 51.0 Å². The number of alkyl halides is 8. The summed E-state index contributed by atoms with van der Waals surface area (Å²) in [7, 11) is -8.36. The number of nitrogens with zero attached hydrogens (tertiary/aromatic N) is 5. The predicted molar refractivity (Wildman–Crippen MR) is 189 cm³/mol. The molecular formula is C32H60F8N5O10S2+. The molecule has 57 heavy (non-hydrogen) atoms. The number of unbranched alkanes of at least 4 members (excludes halogenated alkanes) is 6. The molecule has 0 radical (unpaired) electrons. The number of quaternary nitrogens is 1. The maximum absolute atomic E-state index is 11.4. The number of aromatic nitrogens is 4. The highest BCUT2D eigenvalue weighted by Gasteiger charge is 2.48. The molecule has 25 heteroatoms. The van der Waals surface area contributed by atoms with Gasteiger partial charge >= 0.3 is 23.4 Å². The Morgan fingerprint density at radius 3 is 1.12 bits per heavy atom. The minimum Gasteiger partial charge on any atom is -0.743 e. The fourth-order valence-electron chi connectivity index (χ4n) is 4.42. The molecule has 2 heterocycles. The van der Waals surface area contributed by atoms with E-state index in [4.69, 9.17) is 20.4 Å². The summed E-state index contributed by atoms with van der Waals surface area (Å²) in [5.41, 5.74) is 0. The highest BCUT2D eigenvalue weighted by atomic mass is 32.2. The van der Waals surface area contributed by atoms with Crippen LogP contribution in [0.25, 0.3) is 0 Å². The monoisotopic (exact) mass is 890 g/mol. The van der Waals surface area contributed by atoms with Crippen LogP contribution in [0.15, 0.2) is 37.4 Å². The number of hydrogen-bond donors (Lipinski definition) is 4. The molecular weight excluding hydrogens is 830 g/mol. The SMILES string of the molecule is CCCCCCCCn1cc[n+](C)c1.CCCCn1cc[n+](C)c1.O=S(=O)([O-])C(F)(F)C(F)F.O=S(=O)([O-])C(F)(F)C(F)F.OCC[N+](CCO)(CCO)CCO. The summed E-state index contributed by atoms with van der Waals surface area (Å²) in [6, 6.07) is 0. The van der Waals surface area contributed by atoms with Crippen molar-refractivity contribution in [1.29, 1.82) is 0 Å². The Morgan fingerprint density at radius 1 is 0.596 bits per heavy atom. The van der Waals surface area contributed by atoms with E-state index in [2.05, 4.69) is 76.6 Å². The summed E-state index contributed by atoms with van der Waals surface area (Å²) in [6.45, 7) is 8.64. The number of rotatable bonds is 22. The van der Waals surface area contributed by atoms with Crippen molar-refractivity contribution in [2.45, 2.75) is 102 Å². The second-order valence-electron chi connectivity index (χ2n) is 12.5. The fourth-order valence-corrected chi connectivity index (χ4v) is 4.86. The van der Waals surface area contributed by atoms with Crippen molar-refractivity contribution in [3.63, 3.8) is 0 Å². The summed E-state index contributed by atoms with van der Waals surface area (Å²) in [6.07, 6.45) is 14.5. The van der Waals surface area contributed by atoms with Crippen LogP contribution in [0.4, 0.5) is 35.1 Å². The van der Waals surface area contributed by atoms with Gasteiger partial charge in [0.2, 0.25) is 12.7 Å². The van der Waals surface area contributed by atoms with E-state index in [0.29, 0.717) is 30.7 Å². The Bertz CT molecular complexity index is 1430. The molecule has 2 aromatic rings. The zero-order valence-corrected chi connectivity index (χ0v) is 34.3. The molecule has 0 saturated heterocycles. The second-order valence-corrected chi connectivity index (χ2v) is 15.4. The molecule has 0 amide bonds. The molecule has 0 saturated carbocycles. The Morgan fingerprint density at radius 2 is 0.895 bits per heavy atom. The molecule has 0 fully saturated rings. The summed E-state index contributed by atoms with van der Waals surface area (Å²) in [4.78, 5) is 0. The smallest absolute Gasteiger partial charge is 0.393 e. The van der Waals surface area contributed by atoms with Gasteiger partial charge in [-0.2, -0.15) is 17.6 Å². The standard InChI is InChI=1S/C12H23N2.C8H15N2.C8H20NO4.2C2H2F4O3S/c1-3-4-5-6-7-8-9-14-11-10-13(2)12-14;1-3-4-5-10-7-6-9(2)8-10;10-5-1-9(2-6-11,3-7-12)4-8-13;2*3-1(4)2(5,6)10(7,8)9/h10-12H,3-9H2,1-2H3;6-8H,3-5H2,1-2H3;10-13H,1-8H2;2*1H,(H,7,8,9)/q3*+1;;/p-2. The van der Waals surface area contributed by atoms with Gasteiger partial charge in [0.25, 0.3) is 0 Å². The number of hydrogen-bond acceptors (Lipinski definition) is 10. The molecule has 2 aromatic heterocycles. The average Bonchev–Trinajstić information content (AvgIpc) is 3.72. The van der Waals surface area contributed by atoms with Crippen molar-refractivity contribution in [2.75, 3.05) is 52.6 Å². The van der Waals surface area contributed by atoms with Gasteiger partial charge in [0, 0.05) is 0 Å². The minimum absolute atomic E-state index is 0. The molecule has 340 valence electrons. The third-order valence-corrected chi connectivity index (χ3v) is 9.35. The van der Waals surface area contributed by atoms with Gasteiger partial charge < -0.3 is 34.0 Å². The van der Waals surface area contributed by atoms with E-state index < -0.39 is 43.6 Å². The Hall–Kier alpha value is -2.52. The molecule has 0 atom stereocenters. The summed E-state index contributed by atoms with van der Waals surface area (Å²) in [5.74, 6) is 0. The third-order valence-electron chi connectivity index (χ3n) is 7.66. The molecule has 0 aromatic carbocycles. The van der Waals surface area contributed by atoms with Crippen molar-refractivity contribution in [3.8, 4) is 0 Å². The van der Waals surface area contributed by atoms with Gasteiger partial charge in [-0.3, -0.25) is 0 Å². The van der Waals surface area contributed by atoms with Crippen LogP contribution in [0.2, 0.25) is 0 Å². The van der Waals surface area contributed by atoms with Crippen LogP contribution < -0.4 is 9.13 Å². The van der Waals surface area contributed by atoms with Crippen LogP contribution in [0.5, 0.6) is 0 Å². The largest absolute Gasteiger partial charge is 0.743 e. The number of aryl methyl sites for hydroxylation is 4. The number of imidazole rings is 2. The fraction of sp³-hybridized carbons (Fsp3) is 0.812. The van der Waals surface area contributed by atoms with Crippen LogP contribution in [-0.2, 0) is 47.4 Å². The zero-order chi connectivity index (χ0) is 44.9. The Kier molecular flexibility index (Phi) is 31.5. The molecule has 0 aliphatic carbocycles. The van der Waals surface area contributed by atoms with Crippen molar-refractivity contribution in [2.24, 2.45) is 14.1 Å². The van der Waals surface area contributed by atoms with Crippen molar-refractivity contribution < 1.29 is 95.1 Å². The first-order valence-corrected chi connectivity index (χ1v) is 20.6. The normalized spacial score (nSPS) is 12.1. The quantitative estimate of drug-likeness (QED) is 0.0446. The van der Waals surface area contributed by atoms with Crippen LogP contribution in [-0.4, -0.2) is 136 Å². The van der Waals surface area contributed by atoms with E-state index in [1.54, 1.807) is 0 Å². The maximum atomic E-state index is 11.4. The third kappa shape index (κ3) is 26.3. The van der Waals surface area contributed by atoms with Gasteiger partial charge in [-0.05, 0) is 19.3 Å².